The molecular weight excluding hydrogens is 257 g/mol. The van der Waals surface area contributed by atoms with Crippen LogP contribution in [-0.2, 0) is 14.3 Å². The number of hydrogen-bond acceptors (Lipinski definition) is 5. The first-order valence-corrected chi connectivity index (χ1v) is 5.00. The number of carboxylic acid groups (broad SMARTS) is 1. The van der Waals surface area contributed by atoms with E-state index in [0.717, 1.165) is 12.8 Å². The van der Waals surface area contributed by atoms with E-state index in [1.807, 2.05) is 0 Å². The Bertz CT molecular complexity index is 259. The quantitative estimate of drug-likeness (QED) is 0.489. The van der Waals surface area contributed by atoms with E-state index < -0.39 is 18.2 Å². The largest absolute Gasteiger partial charge is 0.490 e. The maximum Gasteiger partial charge on any atom is 0.490 e. The fraction of sp³-hybridized carbons (Fsp3) is 0.778. The van der Waals surface area contributed by atoms with Crippen molar-refractivity contribution in [1.82, 2.24) is 0 Å². The molecule has 0 aliphatic rings. The van der Waals surface area contributed by atoms with Crippen molar-refractivity contribution in [2.24, 2.45) is 11.5 Å². The second kappa shape index (κ2) is 9.66. The first-order valence-electron chi connectivity index (χ1n) is 5.00. The highest BCUT2D eigenvalue weighted by molar-refractivity contribution is 5.75. The molecule has 108 valence electrons. The molecule has 1 atom stereocenters. The highest BCUT2D eigenvalue weighted by atomic mass is 19.4. The zero-order chi connectivity index (χ0) is 14.8. The van der Waals surface area contributed by atoms with Gasteiger partial charge in [0.1, 0.15) is 6.04 Å². The number of aliphatic carboxylic acids is 1. The van der Waals surface area contributed by atoms with Gasteiger partial charge in [-0.2, -0.15) is 13.2 Å². The van der Waals surface area contributed by atoms with Gasteiger partial charge >= 0.3 is 18.1 Å². The number of hydrogen-bond donors (Lipinski definition) is 3. The molecule has 0 aliphatic carbocycles. The van der Waals surface area contributed by atoms with Gasteiger partial charge in [0, 0.05) is 0 Å². The summed E-state index contributed by atoms with van der Waals surface area (Å²) in [6.07, 6.45) is -2.64. The third-order valence-electron chi connectivity index (χ3n) is 1.72. The molecule has 0 rings (SSSR count). The molecule has 5 N–H and O–H groups in total. The van der Waals surface area contributed by atoms with E-state index in [2.05, 4.69) is 4.74 Å². The molecule has 0 unspecified atom stereocenters. The highest BCUT2D eigenvalue weighted by Gasteiger charge is 2.38. The van der Waals surface area contributed by atoms with Gasteiger partial charge < -0.3 is 21.3 Å². The molecule has 9 heteroatoms. The van der Waals surface area contributed by atoms with E-state index in [1.165, 1.54) is 7.11 Å². The number of esters is 1. The number of ether oxygens (including phenoxy) is 1. The normalized spacial score (nSPS) is 12.1. The molecule has 0 saturated carbocycles. The summed E-state index contributed by atoms with van der Waals surface area (Å²) in [4.78, 5) is 19.6. The Kier molecular flexibility index (Phi) is 10.2. The van der Waals surface area contributed by atoms with E-state index in [0.29, 0.717) is 13.0 Å². The Morgan fingerprint density at radius 2 is 1.78 bits per heavy atom. The number of unbranched alkanes of at least 4 members (excludes halogenated alkanes) is 1. The van der Waals surface area contributed by atoms with E-state index in [1.54, 1.807) is 0 Å². The van der Waals surface area contributed by atoms with Gasteiger partial charge in [-0.25, -0.2) is 4.79 Å². The van der Waals surface area contributed by atoms with Crippen LogP contribution in [0.4, 0.5) is 13.2 Å². The molecule has 0 fully saturated rings. The number of nitrogens with two attached hydrogens (primary N) is 2. The van der Waals surface area contributed by atoms with Gasteiger partial charge in [0.05, 0.1) is 7.11 Å². The van der Waals surface area contributed by atoms with Crippen molar-refractivity contribution >= 4 is 11.9 Å². The van der Waals surface area contributed by atoms with Gasteiger partial charge in [-0.15, -0.1) is 0 Å². The van der Waals surface area contributed by atoms with Crippen LogP contribution in [0.5, 0.6) is 0 Å². The van der Waals surface area contributed by atoms with Crippen molar-refractivity contribution in [3.63, 3.8) is 0 Å². The molecule has 0 radical (unpaired) electrons. The summed E-state index contributed by atoms with van der Waals surface area (Å²) in [5.74, 6) is -3.10. The number of rotatable bonds is 5. The standard InChI is InChI=1S/C7H16N2O2.C2HF3O2/c1-11-7(10)6(9)4-2-3-5-8;3-2(4,5)1(6)7/h6H,2-5,8-9H2,1H3;(H,6,7)/t6-;/m0./s1. The minimum Gasteiger partial charge on any atom is -0.475 e. The van der Waals surface area contributed by atoms with Crippen molar-refractivity contribution in [3.8, 4) is 0 Å². The average Bonchev–Trinajstić information content (AvgIpc) is 2.27. The monoisotopic (exact) mass is 274 g/mol. The molecule has 0 aliphatic heterocycles. The van der Waals surface area contributed by atoms with Crippen LogP contribution >= 0.6 is 0 Å². The molecule has 0 aromatic rings. The van der Waals surface area contributed by atoms with Crippen LogP contribution in [0, 0.1) is 0 Å². The maximum atomic E-state index is 10.7. The van der Waals surface area contributed by atoms with Crippen LogP contribution in [0.15, 0.2) is 0 Å². The number of methoxy groups -OCH3 is 1. The summed E-state index contributed by atoms with van der Waals surface area (Å²) in [6.45, 7) is 0.647. The van der Waals surface area contributed by atoms with Crippen LogP contribution < -0.4 is 11.5 Å². The smallest absolute Gasteiger partial charge is 0.475 e. The first-order chi connectivity index (χ1) is 8.16. The van der Waals surface area contributed by atoms with E-state index in [-0.39, 0.29) is 5.97 Å². The van der Waals surface area contributed by atoms with Gasteiger partial charge in [0.15, 0.2) is 0 Å². The van der Waals surface area contributed by atoms with Gasteiger partial charge in [0.2, 0.25) is 0 Å². The number of carboxylic acids is 1. The molecular formula is C9H17F3N2O4. The lowest BCUT2D eigenvalue weighted by Gasteiger charge is -2.07. The summed E-state index contributed by atoms with van der Waals surface area (Å²) >= 11 is 0. The lowest BCUT2D eigenvalue weighted by atomic mass is 10.1. The minimum absolute atomic E-state index is 0.345. The predicted octanol–water partition coefficient (Wildman–Crippen LogP) is 0.249. The molecule has 0 aromatic heterocycles. The third kappa shape index (κ3) is 11.1. The molecule has 0 bridgehead atoms. The van der Waals surface area contributed by atoms with Crippen molar-refractivity contribution in [3.05, 3.63) is 0 Å². The Labute approximate surface area is 102 Å². The summed E-state index contributed by atoms with van der Waals surface area (Å²) in [7, 11) is 1.34. The minimum atomic E-state index is -5.08. The highest BCUT2D eigenvalue weighted by Crippen LogP contribution is 2.13. The Morgan fingerprint density at radius 3 is 2.06 bits per heavy atom. The second-order valence-electron chi connectivity index (χ2n) is 3.22. The summed E-state index contributed by atoms with van der Waals surface area (Å²) in [5.41, 5.74) is 10.7. The molecule has 0 spiro atoms. The van der Waals surface area contributed by atoms with Crippen molar-refractivity contribution in [2.45, 2.75) is 31.5 Å². The number of carbonyl (C=O) groups excluding carboxylic acids is 1. The lowest BCUT2D eigenvalue weighted by molar-refractivity contribution is -0.192. The number of carbonyl (C=O) groups is 2. The van der Waals surface area contributed by atoms with E-state index in [9.17, 15) is 18.0 Å². The van der Waals surface area contributed by atoms with Crippen molar-refractivity contribution < 1.29 is 32.6 Å². The molecule has 18 heavy (non-hydrogen) atoms. The fourth-order valence-corrected chi connectivity index (χ4v) is 0.778. The summed E-state index contributed by atoms with van der Waals surface area (Å²) in [5, 5.41) is 7.12. The van der Waals surface area contributed by atoms with Gasteiger partial charge in [0.25, 0.3) is 0 Å². The van der Waals surface area contributed by atoms with Crippen molar-refractivity contribution in [2.75, 3.05) is 13.7 Å². The van der Waals surface area contributed by atoms with Crippen molar-refractivity contribution in [1.29, 1.82) is 0 Å². The zero-order valence-corrected chi connectivity index (χ0v) is 9.87. The summed E-state index contributed by atoms with van der Waals surface area (Å²) < 4.78 is 36.2. The average molecular weight is 274 g/mol. The second-order valence-corrected chi connectivity index (χ2v) is 3.22. The maximum absolute atomic E-state index is 10.7. The zero-order valence-electron chi connectivity index (χ0n) is 9.87. The van der Waals surface area contributed by atoms with Crippen LogP contribution in [0.3, 0.4) is 0 Å². The lowest BCUT2D eigenvalue weighted by Crippen LogP contribution is -2.31. The Hall–Kier alpha value is -1.35. The topological polar surface area (TPSA) is 116 Å². The number of halogens is 3. The SMILES string of the molecule is COC(=O)[C@@H](N)CCCCN.O=C(O)C(F)(F)F. The van der Waals surface area contributed by atoms with Gasteiger partial charge in [-0.1, -0.05) is 6.42 Å². The fourth-order valence-electron chi connectivity index (χ4n) is 0.778. The predicted molar refractivity (Wildman–Crippen MR) is 56.6 cm³/mol. The first kappa shape index (κ1) is 19.0. The third-order valence-corrected chi connectivity index (χ3v) is 1.72. The summed E-state index contributed by atoms with van der Waals surface area (Å²) in [6, 6.07) is -0.480. The molecule has 0 aromatic carbocycles. The van der Waals surface area contributed by atoms with Crippen LogP contribution in [0.1, 0.15) is 19.3 Å². The molecule has 0 amide bonds. The molecule has 0 heterocycles. The number of alkyl halides is 3. The van der Waals surface area contributed by atoms with Gasteiger partial charge in [-0.05, 0) is 19.4 Å². The van der Waals surface area contributed by atoms with Crippen LogP contribution in [-0.4, -0.2) is 42.9 Å². The van der Waals surface area contributed by atoms with Crippen LogP contribution in [0.25, 0.3) is 0 Å². The van der Waals surface area contributed by atoms with Gasteiger partial charge in [-0.3, -0.25) is 4.79 Å². The Morgan fingerprint density at radius 1 is 1.33 bits per heavy atom. The van der Waals surface area contributed by atoms with Crippen LogP contribution in [0.2, 0.25) is 0 Å². The Balaban J connectivity index is 0. The molecule has 6 nitrogen and oxygen atoms in total. The van der Waals surface area contributed by atoms with E-state index >= 15 is 0 Å². The van der Waals surface area contributed by atoms with E-state index in [4.69, 9.17) is 21.4 Å². The molecule has 0 saturated heterocycles.